The zero-order chi connectivity index (χ0) is 18.4. The average Bonchev–Trinajstić information content (AvgIpc) is 3.11. The summed E-state index contributed by atoms with van der Waals surface area (Å²) in [5, 5.41) is 6.77. The third-order valence-electron chi connectivity index (χ3n) is 4.61. The van der Waals surface area contributed by atoms with Gasteiger partial charge in [-0.05, 0) is 49.1 Å². The van der Waals surface area contributed by atoms with Crippen LogP contribution in [0, 0.1) is 12.7 Å². The van der Waals surface area contributed by atoms with Crippen molar-refractivity contribution >= 4 is 35.8 Å². The lowest BCUT2D eigenvalue weighted by atomic mass is 10.1. The Labute approximate surface area is 176 Å². The highest BCUT2D eigenvalue weighted by molar-refractivity contribution is 14.0. The minimum absolute atomic E-state index is 0. The van der Waals surface area contributed by atoms with E-state index in [0.29, 0.717) is 12.4 Å². The van der Waals surface area contributed by atoms with E-state index in [1.807, 2.05) is 23.4 Å². The van der Waals surface area contributed by atoms with Crippen molar-refractivity contribution < 1.29 is 4.39 Å². The number of halogens is 2. The summed E-state index contributed by atoms with van der Waals surface area (Å²) in [4.78, 5) is 14.5. The summed E-state index contributed by atoms with van der Waals surface area (Å²) >= 11 is 0. The van der Waals surface area contributed by atoms with Gasteiger partial charge < -0.3 is 15.5 Å². The molecule has 0 radical (unpaired) electrons. The molecule has 2 N–H and O–H groups in total. The van der Waals surface area contributed by atoms with Gasteiger partial charge in [0, 0.05) is 51.3 Å². The van der Waals surface area contributed by atoms with E-state index in [2.05, 4.69) is 32.5 Å². The number of hydrogen-bond acceptors (Lipinski definition) is 4. The number of pyridine rings is 2. The Hall–Kier alpha value is -1.97. The fourth-order valence-electron chi connectivity index (χ4n) is 3.17. The molecule has 1 saturated heterocycles. The molecule has 1 unspecified atom stereocenters. The van der Waals surface area contributed by atoms with E-state index in [1.165, 1.54) is 17.2 Å². The van der Waals surface area contributed by atoms with Crippen molar-refractivity contribution in [1.82, 2.24) is 20.6 Å². The molecule has 6 nitrogen and oxygen atoms in total. The van der Waals surface area contributed by atoms with Gasteiger partial charge in [-0.25, -0.2) is 9.37 Å². The first-order chi connectivity index (χ1) is 12.7. The number of aromatic nitrogens is 2. The topological polar surface area (TPSA) is 65.4 Å². The molecule has 1 atom stereocenters. The van der Waals surface area contributed by atoms with Gasteiger partial charge in [0.25, 0.3) is 0 Å². The van der Waals surface area contributed by atoms with Crippen molar-refractivity contribution in [2.45, 2.75) is 25.8 Å². The summed E-state index contributed by atoms with van der Waals surface area (Å²) in [6, 6.07) is 5.32. The van der Waals surface area contributed by atoms with E-state index in [4.69, 9.17) is 0 Å². The van der Waals surface area contributed by atoms with Crippen molar-refractivity contribution in [3.8, 4) is 0 Å². The highest BCUT2D eigenvalue weighted by Crippen LogP contribution is 2.20. The maximum Gasteiger partial charge on any atom is 0.191 e. The lowest BCUT2D eigenvalue weighted by Crippen LogP contribution is -2.45. The maximum atomic E-state index is 13.9. The van der Waals surface area contributed by atoms with Gasteiger partial charge in [0.2, 0.25) is 0 Å². The molecule has 8 heteroatoms. The van der Waals surface area contributed by atoms with Crippen LogP contribution in [0.5, 0.6) is 0 Å². The number of aryl methyl sites for hydroxylation is 1. The molecule has 1 aliphatic heterocycles. The molecule has 146 valence electrons. The van der Waals surface area contributed by atoms with Crippen LogP contribution < -0.4 is 15.5 Å². The van der Waals surface area contributed by atoms with E-state index in [1.54, 1.807) is 19.3 Å². The normalized spacial score (nSPS) is 16.8. The standard InChI is InChI=1S/C19H25FN6.HI/c1-14-12-22-9-5-15(14)6-10-24-19(21-2)25-16-7-11-26(13-16)18-17(20)4-3-8-23-18;/h3-5,8-9,12,16H,6-7,10-11,13H2,1-2H3,(H2,21,24,25);1H. The highest BCUT2D eigenvalue weighted by Gasteiger charge is 2.25. The van der Waals surface area contributed by atoms with Crippen LogP contribution in [0.3, 0.4) is 0 Å². The first-order valence-corrected chi connectivity index (χ1v) is 8.89. The minimum atomic E-state index is -0.275. The molecule has 1 fully saturated rings. The van der Waals surface area contributed by atoms with E-state index in [-0.39, 0.29) is 35.8 Å². The van der Waals surface area contributed by atoms with Gasteiger partial charge >= 0.3 is 0 Å². The Balaban J connectivity index is 0.00000261. The number of nitrogens with zero attached hydrogens (tertiary/aromatic N) is 4. The number of nitrogens with one attached hydrogen (secondary N) is 2. The summed E-state index contributed by atoms with van der Waals surface area (Å²) in [6.07, 6.45) is 7.15. The summed E-state index contributed by atoms with van der Waals surface area (Å²) in [6.45, 7) is 4.34. The second-order valence-electron chi connectivity index (χ2n) is 6.44. The molecule has 2 aromatic heterocycles. The number of aliphatic imine (C=N–C) groups is 1. The number of anilines is 1. The van der Waals surface area contributed by atoms with E-state index < -0.39 is 0 Å². The molecular formula is C19H26FIN6. The number of rotatable bonds is 5. The monoisotopic (exact) mass is 484 g/mol. The van der Waals surface area contributed by atoms with Crippen LogP contribution in [0.25, 0.3) is 0 Å². The highest BCUT2D eigenvalue weighted by atomic mass is 127. The Morgan fingerprint density at radius 2 is 2.22 bits per heavy atom. The van der Waals surface area contributed by atoms with Crippen LogP contribution in [0.15, 0.2) is 41.8 Å². The average molecular weight is 484 g/mol. The van der Waals surface area contributed by atoms with E-state index in [0.717, 1.165) is 31.9 Å². The van der Waals surface area contributed by atoms with Crippen LogP contribution in [0.4, 0.5) is 10.2 Å². The molecule has 2 aromatic rings. The van der Waals surface area contributed by atoms with Gasteiger partial charge in [0.1, 0.15) is 0 Å². The molecule has 0 aromatic carbocycles. The zero-order valence-electron chi connectivity index (χ0n) is 15.7. The molecule has 0 aliphatic carbocycles. The van der Waals surface area contributed by atoms with Gasteiger partial charge in [0.05, 0.1) is 0 Å². The van der Waals surface area contributed by atoms with Crippen molar-refractivity contribution in [3.05, 3.63) is 53.7 Å². The van der Waals surface area contributed by atoms with Crippen LogP contribution in [0.1, 0.15) is 17.5 Å². The Morgan fingerprint density at radius 1 is 1.37 bits per heavy atom. The number of hydrogen-bond donors (Lipinski definition) is 2. The first kappa shape index (κ1) is 21.3. The second-order valence-corrected chi connectivity index (χ2v) is 6.44. The number of guanidine groups is 1. The van der Waals surface area contributed by atoms with Crippen LogP contribution in [-0.4, -0.2) is 48.7 Å². The third-order valence-corrected chi connectivity index (χ3v) is 4.61. The van der Waals surface area contributed by atoms with Crippen molar-refractivity contribution in [3.63, 3.8) is 0 Å². The van der Waals surface area contributed by atoms with E-state index in [9.17, 15) is 4.39 Å². The largest absolute Gasteiger partial charge is 0.356 e. The molecular weight excluding hydrogens is 458 g/mol. The van der Waals surface area contributed by atoms with Gasteiger partial charge in [-0.1, -0.05) is 0 Å². The van der Waals surface area contributed by atoms with Crippen LogP contribution in [-0.2, 0) is 6.42 Å². The zero-order valence-corrected chi connectivity index (χ0v) is 18.0. The Bertz CT molecular complexity index is 769. The van der Waals surface area contributed by atoms with Crippen LogP contribution in [0.2, 0.25) is 0 Å². The van der Waals surface area contributed by atoms with Crippen molar-refractivity contribution in [2.75, 3.05) is 31.6 Å². The van der Waals surface area contributed by atoms with E-state index >= 15 is 0 Å². The quantitative estimate of drug-likeness (QED) is 0.388. The van der Waals surface area contributed by atoms with Crippen molar-refractivity contribution in [2.24, 2.45) is 4.99 Å². The first-order valence-electron chi connectivity index (χ1n) is 8.89. The summed E-state index contributed by atoms with van der Waals surface area (Å²) in [7, 11) is 1.76. The van der Waals surface area contributed by atoms with Gasteiger partial charge in [-0.3, -0.25) is 9.98 Å². The lowest BCUT2D eigenvalue weighted by Gasteiger charge is -2.20. The van der Waals surface area contributed by atoms with Gasteiger partial charge in [0.15, 0.2) is 17.6 Å². The predicted molar refractivity (Wildman–Crippen MR) is 117 cm³/mol. The van der Waals surface area contributed by atoms with Crippen LogP contribution >= 0.6 is 24.0 Å². The summed E-state index contributed by atoms with van der Waals surface area (Å²) in [5.74, 6) is 0.918. The van der Waals surface area contributed by atoms with Crippen molar-refractivity contribution in [1.29, 1.82) is 0 Å². The maximum absolute atomic E-state index is 13.9. The predicted octanol–water partition coefficient (Wildman–Crippen LogP) is 2.53. The summed E-state index contributed by atoms with van der Waals surface area (Å²) < 4.78 is 13.9. The Kier molecular flexibility index (Phi) is 8.21. The lowest BCUT2D eigenvalue weighted by molar-refractivity contribution is 0.612. The molecule has 0 bridgehead atoms. The summed E-state index contributed by atoms with van der Waals surface area (Å²) in [5.41, 5.74) is 2.47. The second kappa shape index (κ2) is 10.4. The SMILES string of the molecule is CN=C(NCCc1ccncc1C)NC1CCN(c2ncccc2F)C1.I. The molecule has 3 heterocycles. The Morgan fingerprint density at radius 3 is 2.96 bits per heavy atom. The molecule has 3 rings (SSSR count). The molecule has 0 amide bonds. The molecule has 1 aliphatic rings. The third kappa shape index (κ3) is 5.75. The molecule has 27 heavy (non-hydrogen) atoms. The fraction of sp³-hybridized carbons (Fsp3) is 0.421. The van der Waals surface area contributed by atoms with Gasteiger partial charge in [-0.2, -0.15) is 0 Å². The van der Waals surface area contributed by atoms with Gasteiger partial charge in [-0.15, -0.1) is 24.0 Å². The molecule has 0 spiro atoms. The molecule has 0 saturated carbocycles. The minimum Gasteiger partial charge on any atom is -0.356 e. The smallest absolute Gasteiger partial charge is 0.191 e. The fourth-order valence-corrected chi connectivity index (χ4v) is 3.17.